The van der Waals surface area contributed by atoms with Crippen molar-refractivity contribution in [2.75, 3.05) is 0 Å². The van der Waals surface area contributed by atoms with E-state index in [0.717, 1.165) is 18.4 Å². The van der Waals surface area contributed by atoms with Crippen molar-refractivity contribution in [3.63, 3.8) is 0 Å². The number of ether oxygens (including phenoxy) is 2. The number of benzene rings is 3. The van der Waals surface area contributed by atoms with Crippen LogP contribution in [0.3, 0.4) is 0 Å². The zero-order valence-electron chi connectivity index (χ0n) is 18.7. The van der Waals surface area contributed by atoms with E-state index in [1.807, 2.05) is 6.92 Å². The van der Waals surface area contributed by atoms with Gasteiger partial charge in [-0.25, -0.2) is 17.6 Å². The summed E-state index contributed by atoms with van der Waals surface area (Å²) in [5.41, 5.74) is -0.673. The lowest BCUT2D eigenvalue weighted by Crippen LogP contribution is -2.26. The van der Waals surface area contributed by atoms with Crippen LogP contribution in [0.15, 0.2) is 60.7 Å². The molecule has 0 aromatic heterocycles. The van der Waals surface area contributed by atoms with Crippen molar-refractivity contribution in [2.45, 2.75) is 32.0 Å². The molecule has 3 aromatic rings. The topological polar surface area (TPSA) is 18.5 Å². The molecule has 0 heterocycles. The summed E-state index contributed by atoms with van der Waals surface area (Å²) in [5, 5.41) is 0. The van der Waals surface area contributed by atoms with Crippen molar-refractivity contribution in [1.29, 1.82) is 0 Å². The van der Waals surface area contributed by atoms with Crippen LogP contribution in [0.2, 0.25) is 0 Å². The quantitative estimate of drug-likeness (QED) is 0.254. The standard InChI is InChI=1S/C25H16F10O2/c1-2-3-13-4-6-14(7-5-13)15-8-17(26)22(18(27)9-15)25(34,35)36-16-10-19(28)23(20(29)11-16)37-24(32,33)12-21(30)31/h4-12H,2-3H2,1H3. The Morgan fingerprint density at radius 1 is 0.757 bits per heavy atom. The average molecular weight is 538 g/mol. The molecule has 0 amide bonds. The molecular formula is C25H16F10O2. The first kappa shape index (κ1) is 27.9. The average Bonchev–Trinajstić information content (AvgIpc) is 2.75. The second-order valence-electron chi connectivity index (χ2n) is 7.69. The second kappa shape index (κ2) is 10.7. The summed E-state index contributed by atoms with van der Waals surface area (Å²) in [7, 11) is 0. The molecule has 0 unspecified atom stereocenters. The smallest absolute Gasteiger partial charge is 0.429 e. The van der Waals surface area contributed by atoms with Gasteiger partial charge in [0, 0.05) is 12.1 Å². The van der Waals surface area contributed by atoms with E-state index in [2.05, 4.69) is 9.47 Å². The van der Waals surface area contributed by atoms with Crippen LogP contribution in [0.4, 0.5) is 43.9 Å². The number of aryl methyl sites for hydroxylation is 1. The van der Waals surface area contributed by atoms with Crippen LogP contribution in [0.1, 0.15) is 24.5 Å². The maximum atomic E-state index is 14.6. The zero-order valence-corrected chi connectivity index (χ0v) is 18.7. The van der Waals surface area contributed by atoms with Gasteiger partial charge in [-0.15, -0.1) is 0 Å². The third kappa shape index (κ3) is 6.75. The Labute approximate surface area is 203 Å². The van der Waals surface area contributed by atoms with Crippen molar-refractivity contribution in [2.24, 2.45) is 0 Å². The summed E-state index contributed by atoms with van der Waals surface area (Å²) in [6.07, 6.45) is -12.0. The van der Waals surface area contributed by atoms with Gasteiger partial charge < -0.3 is 9.47 Å². The molecule has 3 aromatic carbocycles. The summed E-state index contributed by atoms with van der Waals surface area (Å²) in [5.74, 6) is -10.8. The minimum absolute atomic E-state index is 0.0556. The Balaban J connectivity index is 1.89. The fraction of sp³-hybridized carbons (Fsp3) is 0.200. The van der Waals surface area contributed by atoms with Gasteiger partial charge in [0.05, 0.1) is 6.08 Å². The highest BCUT2D eigenvalue weighted by Crippen LogP contribution is 2.39. The summed E-state index contributed by atoms with van der Waals surface area (Å²) in [6, 6.07) is 7.62. The van der Waals surface area contributed by atoms with E-state index in [0.29, 0.717) is 17.7 Å². The van der Waals surface area contributed by atoms with Gasteiger partial charge in [0.1, 0.15) is 22.9 Å². The van der Waals surface area contributed by atoms with Crippen LogP contribution in [0.25, 0.3) is 11.1 Å². The first-order valence-electron chi connectivity index (χ1n) is 10.5. The predicted octanol–water partition coefficient (Wildman–Crippen LogP) is 8.74. The van der Waals surface area contributed by atoms with Gasteiger partial charge in [0.25, 0.3) is 6.08 Å². The number of halogens is 10. The third-order valence-electron chi connectivity index (χ3n) is 4.89. The molecule has 0 N–H and O–H groups in total. The molecule has 0 aliphatic carbocycles. The van der Waals surface area contributed by atoms with E-state index in [1.165, 1.54) is 0 Å². The molecule has 0 saturated carbocycles. The van der Waals surface area contributed by atoms with Crippen LogP contribution in [0.5, 0.6) is 11.5 Å². The zero-order chi connectivity index (χ0) is 27.5. The van der Waals surface area contributed by atoms with Crippen LogP contribution in [0, 0.1) is 23.3 Å². The van der Waals surface area contributed by atoms with Crippen molar-refractivity contribution in [1.82, 2.24) is 0 Å². The highest BCUT2D eigenvalue weighted by atomic mass is 19.3. The highest BCUT2D eigenvalue weighted by molar-refractivity contribution is 5.64. The minimum atomic E-state index is -4.85. The Morgan fingerprint density at radius 3 is 1.78 bits per heavy atom. The maximum Gasteiger partial charge on any atom is 0.432 e. The predicted molar refractivity (Wildman–Crippen MR) is 113 cm³/mol. The SMILES string of the molecule is CCCc1ccc(-c2cc(F)c(C(F)(F)Oc3cc(F)c(OC(F)(F)C=C(F)F)c(F)c3)c(F)c2)cc1. The monoisotopic (exact) mass is 538 g/mol. The summed E-state index contributed by atoms with van der Waals surface area (Å²) in [4.78, 5) is 0. The Hall–Kier alpha value is -3.70. The van der Waals surface area contributed by atoms with Crippen molar-refractivity contribution < 1.29 is 53.4 Å². The summed E-state index contributed by atoms with van der Waals surface area (Å²) < 4.78 is 145. The molecule has 0 fully saturated rings. The fourth-order valence-electron chi connectivity index (χ4n) is 3.36. The van der Waals surface area contributed by atoms with Crippen LogP contribution in [-0.2, 0) is 12.5 Å². The van der Waals surface area contributed by atoms with E-state index in [-0.39, 0.29) is 17.7 Å². The fourth-order valence-corrected chi connectivity index (χ4v) is 3.36. The number of rotatable bonds is 9. The number of hydrogen-bond donors (Lipinski definition) is 0. The van der Waals surface area contributed by atoms with Gasteiger partial charge in [0.2, 0.25) is 0 Å². The molecule has 0 atom stereocenters. The molecule has 0 aliphatic heterocycles. The van der Waals surface area contributed by atoms with Crippen LogP contribution in [-0.4, -0.2) is 6.11 Å². The lowest BCUT2D eigenvalue weighted by atomic mass is 10.00. The number of alkyl halides is 4. The summed E-state index contributed by atoms with van der Waals surface area (Å²) >= 11 is 0. The van der Waals surface area contributed by atoms with Crippen molar-refractivity contribution in [3.8, 4) is 22.6 Å². The minimum Gasteiger partial charge on any atom is -0.429 e. The van der Waals surface area contributed by atoms with Gasteiger partial charge in [-0.05, 0) is 35.2 Å². The van der Waals surface area contributed by atoms with Gasteiger partial charge >= 0.3 is 12.2 Å². The van der Waals surface area contributed by atoms with Gasteiger partial charge in [-0.2, -0.15) is 26.3 Å². The molecule has 0 radical (unpaired) electrons. The second-order valence-corrected chi connectivity index (χ2v) is 7.69. The van der Waals surface area contributed by atoms with E-state index in [4.69, 9.17) is 0 Å². The Morgan fingerprint density at radius 2 is 1.30 bits per heavy atom. The molecule has 0 aliphatic rings. The molecular weight excluding hydrogens is 522 g/mol. The molecule has 12 heteroatoms. The van der Waals surface area contributed by atoms with Gasteiger partial charge in [-0.3, -0.25) is 0 Å². The third-order valence-corrected chi connectivity index (χ3v) is 4.89. The molecule has 198 valence electrons. The maximum absolute atomic E-state index is 14.6. The lowest BCUT2D eigenvalue weighted by molar-refractivity contribution is -0.189. The van der Waals surface area contributed by atoms with Crippen molar-refractivity contribution in [3.05, 3.63) is 95.1 Å². The lowest BCUT2D eigenvalue weighted by Gasteiger charge is -2.21. The van der Waals surface area contributed by atoms with E-state index >= 15 is 0 Å². The molecule has 3 rings (SSSR count). The number of hydrogen-bond acceptors (Lipinski definition) is 2. The van der Waals surface area contributed by atoms with E-state index in [1.54, 1.807) is 24.3 Å². The molecule has 0 saturated heterocycles. The molecule has 0 bridgehead atoms. The van der Waals surface area contributed by atoms with Gasteiger partial charge in [-0.1, -0.05) is 37.6 Å². The first-order valence-corrected chi connectivity index (χ1v) is 10.5. The van der Waals surface area contributed by atoms with Crippen molar-refractivity contribution >= 4 is 0 Å². The van der Waals surface area contributed by atoms with Gasteiger partial charge in [0.15, 0.2) is 17.4 Å². The molecule has 0 spiro atoms. The Bertz CT molecular complexity index is 1250. The molecule has 2 nitrogen and oxygen atoms in total. The highest BCUT2D eigenvalue weighted by Gasteiger charge is 2.42. The van der Waals surface area contributed by atoms with E-state index in [9.17, 15) is 43.9 Å². The van der Waals surface area contributed by atoms with Crippen LogP contribution >= 0.6 is 0 Å². The van der Waals surface area contributed by atoms with Crippen LogP contribution < -0.4 is 9.47 Å². The Kier molecular flexibility index (Phi) is 8.09. The summed E-state index contributed by atoms with van der Waals surface area (Å²) in [6.45, 7) is 1.96. The molecule has 37 heavy (non-hydrogen) atoms. The van der Waals surface area contributed by atoms with E-state index < -0.39 is 64.7 Å². The normalized spacial score (nSPS) is 11.9. The largest absolute Gasteiger partial charge is 0.432 e. The first-order chi connectivity index (χ1) is 17.2.